The Morgan fingerprint density at radius 3 is 2.64 bits per heavy atom. The van der Waals surface area contributed by atoms with Gasteiger partial charge in [0.25, 0.3) is 5.91 Å². The van der Waals surface area contributed by atoms with Crippen LogP contribution in [0, 0.1) is 0 Å². The van der Waals surface area contributed by atoms with Crippen molar-refractivity contribution >= 4 is 29.6 Å². The molecule has 0 saturated heterocycles. The smallest absolute Gasteiger partial charge is 0.322 e. The maximum Gasteiger partial charge on any atom is 0.322 e. The van der Waals surface area contributed by atoms with E-state index in [2.05, 4.69) is 15.5 Å². The van der Waals surface area contributed by atoms with Crippen LogP contribution in [0.15, 0.2) is 59.0 Å². The molecule has 3 rings (SSSR count). The predicted molar refractivity (Wildman–Crippen MR) is 95.4 cm³/mol. The average molecular weight is 356 g/mol. The zero-order valence-electron chi connectivity index (χ0n) is 13.3. The molecule has 0 aliphatic carbocycles. The number of carbonyl (C=O) groups excluding carboxylic acids is 1. The van der Waals surface area contributed by atoms with Gasteiger partial charge in [-0.1, -0.05) is 34.9 Å². The molecule has 0 fully saturated rings. The van der Waals surface area contributed by atoms with Crippen LogP contribution in [0.1, 0.15) is 5.56 Å². The molecule has 126 valence electrons. The number of hydrogen-bond donors (Lipinski definition) is 1. The summed E-state index contributed by atoms with van der Waals surface area (Å²) in [6.07, 6.45) is 2.96. The van der Waals surface area contributed by atoms with Crippen LogP contribution in [0.5, 0.6) is 5.75 Å². The molecule has 1 aromatic heterocycles. The van der Waals surface area contributed by atoms with Crippen LogP contribution >= 0.6 is 11.6 Å². The molecule has 1 heterocycles. The highest BCUT2D eigenvalue weighted by molar-refractivity contribution is 6.32. The lowest BCUT2D eigenvalue weighted by atomic mass is 10.2. The molecule has 25 heavy (non-hydrogen) atoms. The Kier molecular flexibility index (Phi) is 5.11. The number of anilines is 1. The van der Waals surface area contributed by atoms with Crippen LogP contribution < -0.4 is 10.1 Å². The number of benzene rings is 2. The van der Waals surface area contributed by atoms with Gasteiger partial charge in [0.15, 0.2) is 0 Å². The fourth-order valence-corrected chi connectivity index (χ4v) is 2.25. The van der Waals surface area contributed by atoms with Gasteiger partial charge in [-0.3, -0.25) is 10.1 Å². The summed E-state index contributed by atoms with van der Waals surface area (Å²) in [6.45, 7) is 0. The minimum atomic E-state index is -0.398. The van der Waals surface area contributed by atoms with Gasteiger partial charge in [0.05, 0.1) is 7.11 Å². The number of amides is 1. The van der Waals surface area contributed by atoms with Crippen molar-refractivity contribution in [3.63, 3.8) is 0 Å². The molecule has 6 nitrogen and oxygen atoms in total. The van der Waals surface area contributed by atoms with Crippen LogP contribution in [0.25, 0.3) is 17.5 Å². The number of halogens is 1. The first kappa shape index (κ1) is 16.7. The molecule has 0 bridgehead atoms. The van der Waals surface area contributed by atoms with Gasteiger partial charge in [0.2, 0.25) is 5.89 Å². The Morgan fingerprint density at radius 2 is 1.92 bits per heavy atom. The molecule has 2 aromatic carbocycles. The van der Waals surface area contributed by atoms with Gasteiger partial charge in [-0.05, 0) is 42.0 Å². The maximum absolute atomic E-state index is 11.9. The van der Waals surface area contributed by atoms with E-state index in [1.807, 2.05) is 12.1 Å². The third-order valence-corrected chi connectivity index (χ3v) is 3.66. The Balaban J connectivity index is 1.66. The van der Waals surface area contributed by atoms with Crippen molar-refractivity contribution in [3.05, 3.63) is 65.2 Å². The second kappa shape index (κ2) is 7.63. The first-order valence-electron chi connectivity index (χ1n) is 7.37. The van der Waals surface area contributed by atoms with Gasteiger partial charge < -0.3 is 9.15 Å². The van der Waals surface area contributed by atoms with Crippen molar-refractivity contribution in [3.8, 4) is 17.2 Å². The summed E-state index contributed by atoms with van der Waals surface area (Å²) in [7, 11) is 1.59. The highest BCUT2D eigenvalue weighted by Gasteiger charge is 2.10. The van der Waals surface area contributed by atoms with E-state index in [-0.39, 0.29) is 6.01 Å². The highest BCUT2D eigenvalue weighted by atomic mass is 35.5. The van der Waals surface area contributed by atoms with E-state index in [0.717, 1.165) is 16.9 Å². The first-order valence-corrected chi connectivity index (χ1v) is 7.75. The van der Waals surface area contributed by atoms with Crippen LogP contribution in [-0.4, -0.2) is 23.2 Å². The SMILES string of the molecule is COc1ccc(-c2nnc(NC(=O)/C=C/c3ccccc3Cl)o2)cc1. The van der Waals surface area contributed by atoms with E-state index in [9.17, 15) is 4.79 Å². The monoisotopic (exact) mass is 355 g/mol. The molecule has 1 N–H and O–H groups in total. The van der Waals surface area contributed by atoms with Crippen molar-refractivity contribution < 1.29 is 13.9 Å². The second-order valence-electron chi connectivity index (χ2n) is 4.98. The van der Waals surface area contributed by atoms with E-state index < -0.39 is 5.91 Å². The fourth-order valence-electron chi connectivity index (χ4n) is 2.05. The average Bonchev–Trinajstić information content (AvgIpc) is 3.09. The lowest BCUT2D eigenvalue weighted by Crippen LogP contribution is -2.07. The van der Waals surface area contributed by atoms with Crippen LogP contribution in [0.4, 0.5) is 6.01 Å². The van der Waals surface area contributed by atoms with Gasteiger partial charge in [0.1, 0.15) is 5.75 Å². The molecule has 3 aromatic rings. The Morgan fingerprint density at radius 1 is 1.16 bits per heavy atom. The number of nitrogens with one attached hydrogen (secondary N) is 1. The van der Waals surface area contributed by atoms with Crippen molar-refractivity contribution in [1.29, 1.82) is 0 Å². The molecule has 7 heteroatoms. The lowest BCUT2D eigenvalue weighted by molar-refractivity contribution is -0.112. The third kappa shape index (κ3) is 4.24. The third-order valence-electron chi connectivity index (χ3n) is 3.31. The number of hydrogen-bond acceptors (Lipinski definition) is 5. The van der Waals surface area contributed by atoms with E-state index in [1.54, 1.807) is 49.6 Å². The Labute approximate surface area is 149 Å². The van der Waals surface area contributed by atoms with Gasteiger partial charge in [-0.25, -0.2) is 0 Å². The van der Waals surface area contributed by atoms with Crippen molar-refractivity contribution in [1.82, 2.24) is 10.2 Å². The number of carbonyl (C=O) groups is 1. The fraction of sp³-hybridized carbons (Fsp3) is 0.0556. The van der Waals surface area contributed by atoms with Crippen LogP contribution in [-0.2, 0) is 4.79 Å². The van der Waals surface area contributed by atoms with Gasteiger partial charge in [-0.15, -0.1) is 5.10 Å². The first-order chi connectivity index (χ1) is 12.2. The normalized spacial score (nSPS) is 10.8. The summed E-state index contributed by atoms with van der Waals surface area (Å²) in [6, 6.07) is 14.4. The second-order valence-corrected chi connectivity index (χ2v) is 5.39. The maximum atomic E-state index is 11.9. The van der Waals surface area contributed by atoms with E-state index in [1.165, 1.54) is 6.08 Å². The predicted octanol–water partition coefficient (Wildman–Crippen LogP) is 4.05. The molecule has 1 amide bonds. The number of methoxy groups -OCH3 is 1. The highest BCUT2D eigenvalue weighted by Crippen LogP contribution is 2.22. The largest absolute Gasteiger partial charge is 0.497 e. The molecule has 0 unspecified atom stereocenters. The summed E-state index contributed by atoms with van der Waals surface area (Å²) < 4.78 is 10.5. The summed E-state index contributed by atoms with van der Waals surface area (Å²) >= 11 is 6.03. The topological polar surface area (TPSA) is 77.3 Å². The van der Waals surface area contributed by atoms with Crippen molar-refractivity contribution in [2.75, 3.05) is 12.4 Å². The quantitative estimate of drug-likeness (QED) is 0.698. The summed E-state index contributed by atoms with van der Waals surface area (Å²) in [4.78, 5) is 11.9. The van der Waals surface area contributed by atoms with Crippen molar-refractivity contribution in [2.24, 2.45) is 0 Å². The number of ether oxygens (including phenoxy) is 1. The minimum absolute atomic E-state index is 0.0135. The molecule has 0 aliphatic rings. The molecule has 0 atom stereocenters. The van der Waals surface area contributed by atoms with Gasteiger partial charge in [-0.2, -0.15) is 0 Å². The standard InChI is InChI=1S/C18H14ClN3O3/c1-24-14-9-6-13(7-10-14)17-21-22-18(25-17)20-16(23)11-8-12-4-2-3-5-15(12)19/h2-11H,1H3,(H,20,22,23)/b11-8+. The number of rotatable bonds is 5. The van der Waals surface area contributed by atoms with E-state index in [0.29, 0.717) is 10.9 Å². The molecule has 0 saturated carbocycles. The zero-order chi connectivity index (χ0) is 17.6. The van der Waals surface area contributed by atoms with Gasteiger partial charge >= 0.3 is 6.01 Å². The van der Waals surface area contributed by atoms with Crippen LogP contribution in [0.3, 0.4) is 0 Å². The van der Waals surface area contributed by atoms with E-state index in [4.69, 9.17) is 20.8 Å². The number of nitrogens with zero attached hydrogens (tertiary/aromatic N) is 2. The zero-order valence-corrected chi connectivity index (χ0v) is 14.0. The molecule has 0 aliphatic heterocycles. The molecule has 0 radical (unpaired) electrons. The summed E-state index contributed by atoms with van der Waals surface area (Å²) in [5.41, 5.74) is 1.46. The van der Waals surface area contributed by atoms with E-state index >= 15 is 0 Å². The summed E-state index contributed by atoms with van der Waals surface area (Å²) in [5.74, 6) is 0.624. The van der Waals surface area contributed by atoms with Crippen LogP contribution in [0.2, 0.25) is 5.02 Å². The molecular formula is C18H14ClN3O3. The molecule has 0 spiro atoms. The van der Waals surface area contributed by atoms with Gasteiger partial charge in [0, 0.05) is 16.7 Å². The lowest BCUT2D eigenvalue weighted by Gasteiger charge is -1.99. The minimum Gasteiger partial charge on any atom is -0.497 e. The summed E-state index contributed by atoms with van der Waals surface area (Å²) in [5, 5.41) is 10.8. The Bertz CT molecular complexity index is 904. The van der Waals surface area contributed by atoms with Crippen molar-refractivity contribution in [2.45, 2.75) is 0 Å². The Hall–Kier alpha value is -3.12. The number of aromatic nitrogens is 2. The molecular weight excluding hydrogens is 342 g/mol.